The van der Waals surface area contributed by atoms with E-state index in [2.05, 4.69) is 15.4 Å². The Morgan fingerprint density at radius 2 is 1.86 bits per heavy atom. The van der Waals surface area contributed by atoms with Crippen LogP contribution in [0.3, 0.4) is 0 Å². The molecule has 0 atom stereocenters. The second-order valence-corrected chi connectivity index (χ2v) is 6.59. The monoisotopic (exact) mass is 388 g/mol. The zero-order valence-electron chi connectivity index (χ0n) is 15.4. The largest absolute Gasteiger partial charge is 0.310 e. The minimum Gasteiger partial charge on any atom is -0.310 e. The van der Waals surface area contributed by atoms with Crippen molar-refractivity contribution in [3.8, 4) is 22.4 Å². The number of anilines is 1. The molecule has 146 valence electrons. The maximum absolute atomic E-state index is 13.3. The van der Waals surface area contributed by atoms with Crippen molar-refractivity contribution in [2.45, 2.75) is 26.8 Å². The average Bonchev–Trinajstić information content (AvgIpc) is 3.05. The molecule has 5 nitrogen and oxygen atoms in total. The van der Waals surface area contributed by atoms with Crippen molar-refractivity contribution in [3.63, 3.8) is 0 Å². The van der Waals surface area contributed by atoms with Gasteiger partial charge in [0.2, 0.25) is 5.91 Å². The van der Waals surface area contributed by atoms with Gasteiger partial charge in [-0.3, -0.25) is 9.48 Å². The number of aromatic nitrogens is 3. The lowest BCUT2D eigenvalue weighted by atomic mass is 10.0. The zero-order chi connectivity index (χ0) is 20.3. The first kappa shape index (κ1) is 19.6. The van der Waals surface area contributed by atoms with Crippen molar-refractivity contribution in [2.24, 2.45) is 5.92 Å². The molecule has 3 aromatic rings. The number of hydrogen-bond donors (Lipinski definition) is 1. The van der Waals surface area contributed by atoms with Crippen LogP contribution >= 0.6 is 0 Å². The first-order valence-corrected chi connectivity index (χ1v) is 8.72. The lowest BCUT2D eigenvalue weighted by Crippen LogP contribution is -2.18. The number of halogens is 3. The van der Waals surface area contributed by atoms with Crippen LogP contribution in [0.2, 0.25) is 0 Å². The molecule has 1 amide bonds. The molecule has 0 saturated carbocycles. The highest BCUT2D eigenvalue weighted by Gasteiger charge is 2.17. The van der Waals surface area contributed by atoms with Gasteiger partial charge in [-0.05, 0) is 42.0 Å². The lowest BCUT2D eigenvalue weighted by Gasteiger charge is -2.08. The number of benzene rings is 1. The van der Waals surface area contributed by atoms with Crippen LogP contribution < -0.4 is 5.32 Å². The van der Waals surface area contributed by atoms with Crippen molar-refractivity contribution < 1.29 is 18.0 Å². The molecule has 0 saturated heterocycles. The van der Waals surface area contributed by atoms with Gasteiger partial charge in [0.15, 0.2) is 0 Å². The maximum Gasteiger partial charge on any atom is 0.257 e. The Balaban J connectivity index is 2.03. The summed E-state index contributed by atoms with van der Waals surface area (Å²) in [5.41, 5.74) is 2.26. The van der Waals surface area contributed by atoms with Gasteiger partial charge in [-0.1, -0.05) is 13.8 Å². The fourth-order valence-corrected chi connectivity index (χ4v) is 2.63. The minimum atomic E-state index is -2.56. The van der Waals surface area contributed by atoms with E-state index in [0.29, 0.717) is 28.2 Å². The Hall–Kier alpha value is -3.16. The van der Waals surface area contributed by atoms with Crippen molar-refractivity contribution in [2.75, 3.05) is 5.32 Å². The number of hydrogen-bond acceptors (Lipinski definition) is 3. The van der Waals surface area contributed by atoms with E-state index in [4.69, 9.17) is 0 Å². The van der Waals surface area contributed by atoms with Gasteiger partial charge in [-0.2, -0.15) is 5.10 Å². The summed E-state index contributed by atoms with van der Waals surface area (Å²) in [5.74, 6) is -0.450. The minimum absolute atomic E-state index is 0.184. The van der Waals surface area contributed by atoms with Gasteiger partial charge in [0, 0.05) is 29.4 Å². The second kappa shape index (κ2) is 8.24. The Morgan fingerprint density at radius 3 is 2.50 bits per heavy atom. The van der Waals surface area contributed by atoms with Crippen LogP contribution in [-0.2, 0) is 11.3 Å². The zero-order valence-corrected chi connectivity index (χ0v) is 15.4. The molecule has 0 bridgehead atoms. The lowest BCUT2D eigenvalue weighted by molar-refractivity contribution is -0.118. The van der Waals surface area contributed by atoms with Crippen molar-refractivity contribution in [1.82, 2.24) is 14.8 Å². The van der Waals surface area contributed by atoms with E-state index < -0.39 is 18.8 Å². The van der Waals surface area contributed by atoms with Gasteiger partial charge in [-0.25, -0.2) is 18.2 Å². The van der Waals surface area contributed by atoms with E-state index >= 15 is 0 Å². The molecule has 1 N–H and O–H groups in total. The first-order chi connectivity index (χ1) is 13.3. The third kappa shape index (κ3) is 4.57. The van der Waals surface area contributed by atoms with Gasteiger partial charge >= 0.3 is 0 Å². The molecule has 0 aliphatic rings. The fourth-order valence-electron chi connectivity index (χ4n) is 2.63. The third-order valence-corrected chi connectivity index (χ3v) is 4.05. The Kier molecular flexibility index (Phi) is 5.77. The molecule has 3 rings (SSSR count). The summed E-state index contributed by atoms with van der Waals surface area (Å²) in [6.07, 6.45) is 0.463. The van der Waals surface area contributed by atoms with Crippen LogP contribution in [0.25, 0.3) is 22.4 Å². The molecule has 0 radical (unpaired) electrons. The van der Waals surface area contributed by atoms with E-state index in [1.54, 1.807) is 26.0 Å². The van der Waals surface area contributed by atoms with Crippen LogP contribution in [0, 0.1) is 11.7 Å². The van der Waals surface area contributed by atoms with Crippen molar-refractivity contribution in [3.05, 3.63) is 54.6 Å². The highest BCUT2D eigenvalue weighted by atomic mass is 19.3. The van der Waals surface area contributed by atoms with Crippen molar-refractivity contribution >= 4 is 11.7 Å². The Bertz CT molecular complexity index is 968. The molecule has 1 aromatic carbocycles. The normalized spacial score (nSPS) is 11.2. The first-order valence-electron chi connectivity index (χ1n) is 8.72. The number of rotatable bonds is 6. The van der Waals surface area contributed by atoms with Gasteiger partial charge in [-0.15, -0.1) is 0 Å². The summed E-state index contributed by atoms with van der Waals surface area (Å²) in [7, 11) is 0. The quantitative estimate of drug-likeness (QED) is 0.671. The molecule has 2 heterocycles. The van der Waals surface area contributed by atoms with Gasteiger partial charge < -0.3 is 5.32 Å². The molecular weight excluding hydrogens is 369 g/mol. The van der Waals surface area contributed by atoms with Crippen LogP contribution in [0.4, 0.5) is 19.0 Å². The number of nitrogens with one attached hydrogen (secondary N) is 1. The van der Waals surface area contributed by atoms with Crippen LogP contribution in [-0.4, -0.2) is 27.1 Å². The highest BCUT2D eigenvalue weighted by Crippen LogP contribution is 2.32. The number of pyridine rings is 1. The predicted molar refractivity (Wildman–Crippen MR) is 100 cm³/mol. The number of alkyl halides is 2. The summed E-state index contributed by atoms with van der Waals surface area (Å²) < 4.78 is 40.1. The van der Waals surface area contributed by atoms with E-state index in [0.717, 1.165) is 4.68 Å². The Morgan fingerprint density at radius 1 is 1.14 bits per heavy atom. The number of carbonyl (C=O) groups is 1. The molecule has 0 spiro atoms. The highest BCUT2D eigenvalue weighted by molar-refractivity contribution is 5.92. The van der Waals surface area contributed by atoms with Crippen LogP contribution in [0.5, 0.6) is 0 Å². The predicted octanol–water partition coefficient (Wildman–Crippen LogP) is 4.61. The number of carbonyl (C=O) groups excluding carboxylic acids is 1. The molecule has 8 heteroatoms. The molecule has 0 aliphatic heterocycles. The van der Waals surface area contributed by atoms with Crippen LogP contribution in [0.15, 0.2) is 48.8 Å². The molecule has 2 aromatic heterocycles. The number of nitrogens with zero attached hydrogens (tertiary/aromatic N) is 3. The Labute approximate surface area is 160 Å². The SMILES string of the molecule is CC(C)C(=O)Nc1cc(-c2cn(CC(F)F)nc2-c2ccc(F)cc2)ccn1. The second-order valence-electron chi connectivity index (χ2n) is 6.59. The number of amides is 1. The van der Waals surface area contributed by atoms with E-state index in [9.17, 15) is 18.0 Å². The van der Waals surface area contributed by atoms with Crippen LogP contribution in [0.1, 0.15) is 13.8 Å². The summed E-state index contributed by atoms with van der Waals surface area (Å²) in [4.78, 5) is 16.0. The van der Waals surface area contributed by atoms with E-state index in [1.807, 2.05) is 0 Å². The van der Waals surface area contributed by atoms with E-state index in [1.165, 1.54) is 36.7 Å². The summed E-state index contributed by atoms with van der Waals surface area (Å²) >= 11 is 0. The van der Waals surface area contributed by atoms with Gasteiger partial charge in [0.25, 0.3) is 6.43 Å². The fraction of sp³-hybridized carbons (Fsp3) is 0.250. The molecule has 0 unspecified atom stereocenters. The maximum atomic E-state index is 13.3. The van der Waals surface area contributed by atoms with Gasteiger partial charge in [0.1, 0.15) is 23.9 Å². The molecule has 0 fully saturated rings. The average molecular weight is 388 g/mol. The topological polar surface area (TPSA) is 59.8 Å². The summed E-state index contributed by atoms with van der Waals surface area (Å²) in [6, 6.07) is 8.99. The van der Waals surface area contributed by atoms with Crippen molar-refractivity contribution in [1.29, 1.82) is 0 Å². The molecular formula is C20H19F3N4O. The smallest absolute Gasteiger partial charge is 0.257 e. The van der Waals surface area contributed by atoms with Gasteiger partial charge in [0.05, 0.1) is 0 Å². The standard InChI is InChI=1S/C20H19F3N4O/c1-12(2)20(28)25-18-9-14(7-8-24-18)16-10-27(11-17(22)23)26-19(16)13-3-5-15(21)6-4-13/h3-10,12,17H,11H2,1-2H3,(H,24,25,28). The summed E-state index contributed by atoms with van der Waals surface area (Å²) in [6.45, 7) is 2.97. The molecule has 0 aliphatic carbocycles. The summed E-state index contributed by atoms with van der Waals surface area (Å²) in [5, 5.41) is 6.96. The molecule has 28 heavy (non-hydrogen) atoms. The third-order valence-electron chi connectivity index (χ3n) is 4.05. The van der Waals surface area contributed by atoms with E-state index in [-0.39, 0.29) is 11.8 Å².